The zero-order valence-electron chi connectivity index (χ0n) is 10.5. The summed E-state index contributed by atoms with van der Waals surface area (Å²) in [7, 11) is 1.79. The van der Waals surface area contributed by atoms with Crippen molar-refractivity contribution in [1.29, 1.82) is 0 Å². The Hall–Kier alpha value is -0.940. The van der Waals surface area contributed by atoms with Crippen LogP contribution in [0.15, 0.2) is 12.3 Å². The van der Waals surface area contributed by atoms with Crippen molar-refractivity contribution in [3.63, 3.8) is 0 Å². The summed E-state index contributed by atoms with van der Waals surface area (Å²) in [6.07, 6.45) is 5.11. The molecule has 0 N–H and O–H groups in total. The molecule has 96 valence electrons. The van der Waals surface area contributed by atoms with Gasteiger partial charge in [0, 0.05) is 24.7 Å². The second-order valence-corrected chi connectivity index (χ2v) is 4.91. The number of hydrogen-bond donors (Lipinski definition) is 0. The maximum Gasteiger partial charge on any atom is 0.248 e. The van der Waals surface area contributed by atoms with E-state index in [0.29, 0.717) is 13.2 Å². The summed E-state index contributed by atoms with van der Waals surface area (Å²) in [6.45, 7) is 3.61. The van der Waals surface area contributed by atoms with Gasteiger partial charge in [-0.1, -0.05) is 19.8 Å². The highest BCUT2D eigenvalue weighted by Gasteiger charge is 2.09. The summed E-state index contributed by atoms with van der Waals surface area (Å²) < 4.78 is 9.34. The average Bonchev–Trinajstić information content (AvgIpc) is 2.81. The lowest BCUT2D eigenvalue weighted by Crippen LogP contribution is -2.29. The Bertz CT molecular complexity index is 314. The summed E-state index contributed by atoms with van der Waals surface area (Å²) >= 11 is 1.42. The number of aromatic nitrogens is 1. The monoisotopic (exact) mass is 256 g/mol. The van der Waals surface area contributed by atoms with Crippen LogP contribution in [0.2, 0.25) is 0 Å². The van der Waals surface area contributed by atoms with Crippen LogP contribution in [0.25, 0.3) is 0 Å². The van der Waals surface area contributed by atoms with Gasteiger partial charge in [0.2, 0.25) is 5.91 Å². The molecule has 0 saturated carbocycles. The van der Waals surface area contributed by atoms with Gasteiger partial charge in [-0.2, -0.15) is 0 Å². The Kier molecular flexibility index (Phi) is 6.81. The van der Waals surface area contributed by atoms with Gasteiger partial charge in [-0.15, -0.1) is 0 Å². The van der Waals surface area contributed by atoms with Crippen LogP contribution in [0.5, 0.6) is 0 Å². The first-order valence-corrected chi connectivity index (χ1v) is 6.72. The SMILES string of the molecule is CCCCCOCC(=O)N(C)Cc1ccns1. The van der Waals surface area contributed by atoms with E-state index in [1.54, 1.807) is 18.1 Å². The van der Waals surface area contributed by atoms with Crippen molar-refractivity contribution in [2.75, 3.05) is 20.3 Å². The van der Waals surface area contributed by atoms with Crippen molar-refractivity contribution >= 4 is 17.4 Å². The fourth-order valence-electron chi connectivity index (χ4n) is 1.37. The highest BCUT2D eigenvalue weighted by Crippen LogP contribution is 2.07. The maximum absolute atomic E-state index is 11.7. The number of carbonyl (C=O) groups excluding carboxylic acids is 1. The van der Waals surface area contributed by atoms with E-state index >= 15 is 0 Å². The third kappa shape index (κ3) is 5.79. The minimum absolute atomic E-state index is 0.0231. The van der Waals surface area contributed by atoms with E-state index in [1.807, 2.05) is 6.07 Å². The van der Waals surface area contributed by atoms with Gasteiger partial charge in [-0.25, -0.2) is 4.37 Å². The molecule has 0 unspecified atom stereocenters. The summed E-state index contributed by atoms with van der Waals surface area (Å²) in [6, 6.07) is 1.93. The molecule has 1 heterocycles. The smallest absolute Gasteiger partial charge is 0.248 e. The standard InChI is InChI=1S/C12H20N2O2S/c1-3-4-5-8-16-10-12(15)14(2)9-11-6-7-13-17-11/h6-7H,3-5,8-10H2,1-2H3. The Morgan fingerprint density at radius 1 is 1.53 bits per heavy atom. The van der Waals surface area contributed by atoms with Crippen LogP contribution in [0.4, 0.5) is 0 Å². The molecular formula is C12H20N2O2S. The summed E-state index contributed by atoms with van der Waals surface area (Å²) in [5.74, 6) is 0.0231. The van der Waals surface area contributed by atoms with E-state index in [9.17, 15) is 4.79 Å². The zero-order chi connectivity index (χ0) is 12.5. The molecule has 0 saturated heterocycles. The third-order valence-electron chi connectivity index (χ3n) is 2.43. The lowest BCUT2D eigenvalue weighted by molar-refractivity contribution is -0.135. The zero-order valence-corrected chi connectivity index (χ0v) is 11.3. The number of nitrogens with zero attached hydrogens (tertiary/aromatic N) is 2. The first-order chi connectivity index (χ1) is 8.24. The molecule has 1 aromatic heterocycles. The fraction of sp³-hybridized carbons (Fsp3) is 0.667. The van der Waals surface area contributed by atoms with Crippen molar-refractivity contribution in [2.24, 2.45) is 0 Å². The van der Waals surface area contributed by atoms with Gasteiger partial charge in [-0.3, -0.25) is 4.79 Å². The van der Waals surface area contributed by atoms with E-state index in [1.165, 1.54) is 18.0 Å². The van der Waals surface area contributed by atoms with Gasteiger partial charge in [0.25, 0.3) is 0 Å². The van der Waals surface area contributed by atoms with Gasteiger partial charge < -0.3 is 9.64 Å². The van der Waals surface area contributed by atoms with Crippen LogP contribution in [0.1, 0.15) is 31.1 Å². The predicted octanol–water partition coefficient (Wildman–Crippen LogP) is 2.31. The molecule has 0 bridgehead atoms. The Labute approximate surface area is 107 Å². The quantitative estimate of drug-likeness (QED) is 0.670. The molecule has 0 aliphatic rings. The molecule has 1 aromatic rings. The van der Waals surface area contributed by atoms with Crippen molar-refractivity contribution in [2.45, 2.75) is 32.7 Å². The van der Waals surface area contributed by atoms with Gasteiger partial charge in [0.1, 0.15) is 6.61 Å². The molecule has 0 aliphatic carbocycles. The molecule has 17 heavy (non-hydrogen) atoms. The van der Waals surface area contributed by atoms with Crippen molar-refractivity contribution in [3.05, 3.63) is 17.1 Å². The number of hydrogen-bond acceptors (Lipinski definition) is 4. The van der Waals surface area contributed by atoms with Crippen LogP contribution in [-0.4, -0.2) is 35.4 Å². The lowest BCUT2D eigenvalue weighted by Gasteiger charge is -2.15. The molecule has 0 fully saturated rings. The van der Waals surface area contributed by atoms with E-state index in [4.69, 9.17) is 4.74 Å². The molecule has 1 rings (SSSR count). The molecule has 0 atom stereocenters. The third-order valence-corrected chi connectivity index (χ3v) is 3.15. The van der Waals surface area contributed by atoms with E-state index in [0.717, 1.165) is 17.7 Å². The topological polar surface area (TPSA) is 42.4 Å². The second-order valence-electron chi connectivity index (χ2n) is 3.99. The maximum atomic E-state index is 11.7. The minimum Gasteiger partial charge on any atom is -0.372 e. The van der Waals surface area contributed by atoms with Crippen LogP contribution in [0.3, 0.4) is 0 Å². The summed E-state index contributed by atoms with van der Waals surface area (Å²) in [5, 5.41) is 0. The van der Waals surface area contributed by atoms with E-state index in [2.05, 4.69) is 11.3 Å². The van der Waals surface area contributed by atoms with Crippen molar-refractivity contribution in [1.82, 2.24) is 9.27 Å². The Morgan fingerprint density at radius 3 is 3.00 bits per heavy atom. The first-order valence-electron chi connectivity index (χ1n) is 5.95. The van der Waals surface area contributed by atoms with Crippen molar-refractivity contribution in [3.8, 4) is 0 Å². The molecule has 0 spiro atoms. The Morgan fingerprint density at radius 2 is 2.35 bits per heavy atom. The normalized spacial score (nSPS) is 10.5. The molecule has 0 aromatic carbocycles. The van der Waals surface area contributed by atoms with Gasteiger partial charge in [-0.05, 0) is 24.0 Å². The number of unbranched alkanes of at least 4 members (excludes halogenated alkanes) is 2. The summed E-state index contributed by atoms with van der Waals surface area (Å²) in [4.78, 5) is 14.5. The Balaban J connectivity index is 2.14. The number of ether oxygens (including phenoxy) is 1. The first kappa shape index (κ1) is 14.1. The van der Waals surface area contributed by atoms with Gasteiger partial charge in [0.05, 0.1) is 6.54 Å². The number of likely N-dealkylation sites (N-methyl/N-ethyl adjacent to an activating group) is 1. The molecule has 1 amide bonds. The molecule has 4 nitrogen and oxygen atoms in total. The lowest BCUT2D eigenvalue weighted by atomic mass is 10.3. The average molecular weight is 256 g/mol. The highest BCUT2D eigenvalue weighted by atomic mass is 32.1. The number of amides is 1. The second kappa shape index (κ2) is 8.20. The fourth-order valence-corrected chi connectivity index (χ4v) is 2.00. The minimum atomic E-state index is 0.0231. The number of rotatable bonds is 8. The molecule has 0 aliphatic heterocycles. The van der Waals surface area contributed by atoms with Gasteiger partial charge >= 0.3 is 0 Å². The molecular weight excluding hydrogens is 236 g/mol. The highest BCUT2D eigenvalue weighted by molar-refractivity contribution is 7.05. The van der Waals surface area contributed by atoms with E-state index < -0.39 is 0 Å². The van der Waals surface area contributed by atoms with Crippen LogP contribution < -0.4 is 0 Å². The van der Waals surface area contributed by atoms with Crippen molar-refractivity contribution < 1.29 is 9.53 Å². The number of carbonyl (C=O) groups is 1. The van der Waals surface area contributed by atoms with Crippen LogP contribution in [-0.2, 0) is 16.1 Å². The summed E-state index contributed by atoms with van der Waals surface area (Å²) in [5.41, 5.74) is 0. The van der Waals surface area contributed by atoms with Crippen LogP contribution in [0, 0.1) is 0 Å². The molecule has 0 radical (unpaired) electrons. The van der Waals surface area contributed by atoms with Crippen LogP contribution >= 0.6 is 11.5 Å². The predicted molar refractivity (Wildman–Crippen MR) is 68.9 cm³/mol. The van der Waals surface area contributed by atoms with Gasteiger partial charge in [0.15, 0.2) is 0 Å². The molecule has 5 heteroatoms. The largest absolute Gasteiger partial charge is 0.372 e. The van der Waals surface area contributed by atoms with E-state index in [-0.39, 0.29) is 12.5 Å².